The van der Waals surface area contributed by atoms with Crippen LogP contribution in [0.15, 0.2) is 24.3 Å². The summed E-state index contributed by atoms with van der Waals surface area (Å²) in [5, 5.41) is 2.81. The molecular formula is C17H26ClNO2. The van der Waals surface area contributed by atoms with Gasteiger partial charge in [-0.05, 0) is 43.9 Å². The smallest absolute Gasteiger partial charge is 0.251 e. The third kappa shape index (κ3) is 7.37. The molecule has 0 saturated heterocycles. The van der Waals surface area contributed by atoms with E-state index in [4.69, 9.17) is 16.3 Å². The molecule has 0 fully saturated rings. The summed E-state index contributed by atoms with van der Waals surface area (Å²) < 4.78 is 5.59. The highest BCUT2D eigenvalue weighted by molar-refractivity contribution is 6.21. The number of alkyl halides is 1. The maximum atomic E-state index is 12.1. The molecule has 1 N–H and O–H groups in total. The summed E-state index contributed by atoms with van der Waals surface area (Å²) in [7, 11) is 0. The zero-order valence-electron chi connectivity index (χ0n) is 13.6. The van der Waals surface area contributed by atoms with E-state index in [1.54, 1.807) is 12.1 Å². The lowest BCUT2D eigenvalue weighted by Crippen LogP contribution is -2.31. The first-order chi connectivity index (χ1) is 9.67. The summed E-state index contributed by atoms with van der Waals surface area (Å²) in [5.41, 5.74) is 0.745. The monoisotopic (exact) mass is 311 g/mol. The Morgan fingerprint density at radius 3 is 2.57 bits per heavy atom. The van der Waals surface area contributed by atoms with Gasteiger partial charge in [0, 0.05) is 12.1 Å². The second kappa shape index (κ2) is 7.69. The van der Waals surface area contributed by atoms with E-state index in [2.05, 4.69) is 26.1 Å². The predicted molar refractivity (Wildman–Crippen MR) is 88.3 cm³/mol. The molecule has 1 aromatic rings. The minimum absolute atomic E-state index is 0.0657. The molecule has 0 bridgehead atoms. The molecular weight excluding hydrogens is 286 g/mol. The van der Waals surface area contributed by atoms with Crippen LogP contribution in [0.5, 0.6) is 5.75 Å². The topological polar surface area (TPSA) is 38.3 Å². The van der Waals surface area contributed by atoms with Crippen LogP contribution in [-0.4, -0.2) is 23.9 Å². The first kappa shape index (κ1) is 17.8. The molecule has 0 aliphatic rings. The first-order valence-corrected chi connectivity index (χ1v) is 7.80. The van der Waals surface area contributed by atoms with E-state index in [0.717, 1.165) is 6.42 Å². The number of carbonyl (C=O) groups is 1. The Hall–Kier alpha value is -1.22. The quantitative estimate of drug-likeness (QED) is 0.798. The van der Waals surface area contributed by atoms with Crippen molar-refractivity contribution in [1.82, 2.24) is 5.32 Å². The standard InChI is InChI=1S/C17H26ClNO2/c1-12(2)21-15-8-6-7-13(9-15)16(20)19-11-14(18)10-17(3,4)5/h6-9,12,14H,10-11H2,1-5H3,(H,19,20). The number of hydrogen-bond acceptors (Lipinski definition) is 2. The molecule has 0 aliphatic heterocycles. The summed E-state index contributed by atoms with van der Waals surface area (Å²) in [4.78, 5) is 12.1. The zero-order valence-corrected chi connectivity index (χ0v) is 14.3. The normalized spacial score (nSPS) is 13.1. The van der Waals surface area contributed by atoms with Gasteiger partial charge in [-0.3, -0.25) is 4.79 Å². The highest BCUT2D eigenvalue weighted by Crippen LogP contribution is 2.23. The van der Waals surface area contributed by atoms with Gasteiger partial charge >= 0.3 is 0 Å². The van der Waals surface area contributed by atoms with Crippen LogP contribution in [0, 0.1) is 5.41 Å². The average Bonchev–Trinajstić information content (AvgIpc) is 2.33. The molecule has 118 valence electrons. The Balaban J connectivity index is 2.56. The van der Waals surface area contributed by atoms with Gasteiger partial charge in [-0.25, -0.2) is 0 Å². The number of hydrogen-bond donors (Lipinski definition) is 1. The lowest BCUT2D eigenvalue weighted by Gasteiger charge is -2.22. The van der Waals surface area contributed by atoms with Crippen LogP contribution in [0.3, 0.4) is 0 Å². The van der Waals surface area contributed by atoms with Crippen molar-refractivity contribution < 1.29 is 9.53 Å². The summed E-state index contributed by atoms with van der Waals surface area (Å²) in [6, 6.07) is 7.19. The van der Waals surface area contributed by atoms with E-state index in [1.165, 1.54) is 0 Å². The Morgan fingerprint density at radius 1 is 1.33 bits per heavy atom. The molecule has 0 heterocycles. The average molecular weight is 312 g/mol. The fraction of sp³-hybridized carbons (Fsp3) is 0.588. The molecule has 1 unspecified atom stereocenters. The SMILES string of the molecule is CC(C)Oc1cccc(C(=O)NCC(Cl)CC(C)(C)C)c1. The highest BCUT2D eigenvalue weighted by atomic mass is 35.5. The second-order valence-electron chi connectivity index (χ2n) is 6.77. The third-order valence-electron chi connectivity index (χ3n) is 2.79. The van der Waals surface area contributed by atoms with E-state index < -0.39 is 0 Å². The van der Waals surface area contributed by atoms with Crippen LogP contribution in [-0.2, 0) is 0 Å². The predicted octanol–water partition coefficient (Wildman–Crippen LogP) is 4.25. The van der Waals surface area contributed by atoms with Gasteiger partial charge in [0.25, 0.3) is 5.91 Å². The lowest BCUT2D eigenvalue weighted by atomic mass is 9.90. The zero-order chi connectivity index (χ0) is 16.0. The lowest BCUT2D eigenvalue weighted by molar-refractivity contribution is 0.0951. The van der Waals surface area contributed by atoms with E-state index in [0.29, 0.717) is 17.9 Å². The van der Waals surface area contributed by atoms with Crippen LogP contribution >= 0.6 is 11.6 Å². The maximum absolute atomic E-state index is 12.1. The van der Waals surface area contributed by atoms with Crippen LogP contribution < -0.4 is 10.1 Å². The van der Waals surface area contributed by atoms with Crippen molar-refractivity contribution >= 4 is 17.5 Å². The molecule has 0 spiro atoms. The number of halogens is 1. The van der Waals surface area contributed by atoms with Crippen molar-refractivity contribution in [2.75, 3.05) is 6.54 Å². The number of ether oxygens (including phenoxy) is 1. The van der Waals surface area contributed by atoms with Crippen molar-refractivity contribution in [3.63, 3.8) is 0 Å². The molecule has 21 heavy (non-hydrogen) atoms. The fourth-order valence-electron chi connectivity index (χ4n) is 2.02. The minimum atomic E-state index is -0.122. The van der Waals surface area contributed by atoms with E-state index in [1.807, 2.05) is 26.0 Å². The third-order valence-corrected chi connectivity index (χ3v) is 3.09. The summed E-state index contributed by atoms with van der Waals surface area (Å²) in [6.07, 6.45) is 0.938. The van der Waals surface area contributed by atoms with Crippen molar-refractivity contribution in [3.8, 4) is 5.75 Å². The van der Waals surface area contributed by atoms with Crippen LogP contribution in [0.25, 0.3) is 0 Å². The van der Waals surface area contributed by atoms with Crippen LogP contribution in [0.4, 0.5) is 0 Å². The molecule has 1 rings (SSSR count). The number of carbonyl (C=O) groups excluding carboxylic acids is 1. The molecule has 1 atom stereocenters. The van der Waals surface area contributed by atoms with E-state index in [-0.39, 0.29) is 22.8 Å². The number of rotatable bonds is 6. The van der Waals surface area contributed by atoms with E-state index in [9.17, 15) is 4.79 Å². The Labute approximate surface area is 133 Å². The van der Waals surface area contributed by atoms with Gasteiger partial charge in [0.15, 0.2) is 0 Å². The van der Waals surface area contributed by atoms with Crippen molar-refractivity contribution in [2.24, 2.45) is 5.41 Å². The van der Waals surface area contributed by atoms with E-state index >= 15 is 0 Å². The van der Waals surface area contributed by atoms with Gasteiger partial charge in [-0.2, -0.15) is 0 Å². The Kier molecular flexibility index (Phi) is 6.53. The van der Waals surface area contributed by atoms with Crippen LogP contribution in [0.2, 0.25) is 0 Å². The van der Waals surface area contributed by atoms with Gasteiger partial charge in [-0.15, -0.1) is 11.6 Å². The molecule has 1 amide bonds. The molecule has 0 aliphatic carbocycles. The van der Waals surface area contributed by atoms with Gasteiger partial charge < -0.3 is 10.1 Å². The second-order valence-corrected chi connectivity index (χ2v) is 7.38. The van der Waals surface area contributed by atoms with Gasteiger partial charge in [0.2, 0.25) is 0 Å². The Bertz CT molecular complexity index is 466. The summed E-state index contributed by atoms with van der Waals surface area (Å²) in [6.45, 7) is 10.8. The molecule has 3 nitrogen and oxygen atoms in total. The molecule has 4 heteroatoms. The highest BCUT2D eigenvalue weighted by Gasteiger charge is 2.17. The number of amides is 1. The maximum Gasteiger partial charge on any atom is 0.251 e. The van der Waals surface area contributed by atoms with Crippen LogP contribution in [0.1, 0.15) is 51.4 Å². The largest absolute Gasteiger partial charge is 0.491 e. The number of nitrogens with one attached hydrogen (secondary N) is 1. The van der Waals surface area contributed by atoms with Crippen molar-refractivity contribution in [1.29, 1.82) is 0 Å². The summed E-state index contributed by atoms with van der Waals surface area (Å²) in [5.74, 6) is 0.582. The minimum Gasteiger partial charge on any atom is -0.491 e. The molecule has 0 saturated carbocycles. The van der Waals surface area contributed by atoms with Gasteiger partial charge in [0.05, 0.1) is 11.5 Å². The molecule has 0 aromatic heterocycles. The molecule has 0 radical (unpaired) electrons. The van der Waals surface area contributed by atoms with Crippen molar-refractivity contribution in [3.05, 3.63) is 29.8 Å². The first-order valence-electron chi connectivity index (χ1n) is 7.36. The van der Waals surface area contributed by atoms with Crippen molar-refractivity contribution in [2.45, 2.75) is 52.5 Å². The molecule has 1 aromatic carbocycles. The van der Waals surface area contributed by atoms with Gasteiger partial charge in [-0.1, -0.05) is 26.8 Å². The summed E-state index contributed by atoms with van der Waals surface area (Å²) >= 11 is 6.26. The fourth-order valence-corrected chi connectivity index (χ4v) is 2.57. The van der Waals surface area contributed by atoms with Gasteiger partial charge in [0.1, 0.15) is 5.75 Å². The number of benzene rings is 1. The Morgan fingerprint density at radius 2 is 2.00 bits per heavy atom.